The van der Waals surface area contributed by atoms with Gasteiger partial charge in [0.15, 0.2) is 27.1 Å². The van der Waals surface area contributed by atoms with Crippen molar-refractivity contribution in [1.82, 2.24) is 24.6 Å². The number of nitrogen functional groups attached to an aromatic ring is 1. The molecule has 5 atom stereocenters. The zero-order valence-corrected chi connectivity index (χ0v) is 26.7. The molecule has 41 heavy (non-hydrogen) atoms. The average Bonchev–Trinajstić information content (AvgIpc) is 3.38. The van der Waals surface area contributed by atoms with Crippen molar-refractivity contribution in [1.29, 1.82) is 0 Å². The molecule has 18 heteroatoms. The SMILES string of the molecule is CC(C)OC(=O)[C@@H](C)N[P@](=O)(OCCSC(=O)C(C)(C)C)OC[C@H]1O[C@@H](n2cnc3c(N)ncnc32)C(Cl)(Cl)[C@@H]1O. The van der Waals surface area contributed by atoms with Gasteiger partial charge >= 0.3 is 13.7 Å². The van der Waals surface area contributed by atoms with E-state index in [-0.39, 0.29) is 34.5 Å². The molecule has 1 saturated heterocycles. The van der Waals surface area contributed by atoms with Crippen molar-refractivity contribution < 1.29 is 37.8 Å². The summed E-state index contributed by atoms with van der Waals surface area (Å²) < 4.78 is 35.4. The summed E-state index contributed by atoms with van der Waals surface area (Å²) in [4.78, 5) is 36.8. The lowest BCUT2D eigenvalue weighted by atomic mass is 10.00. The first-order chi connectivity index (χ1) is 19.0. The Morgan fingerprint density at radius 2 is 1.95 bits per heavy atom. The first-order valence-electron chi connectivity index (χ1n) is 12.6. The van der Waals surface area contributed by atoms with Crippen molar-refractivity contribution in [3.63, 3.8) is 0 Å². The molecule has 2 aromatic rings. The van der Waals surface area contributed by atoms with Crippen molar-refractivity contribution in [2.24, 2.45) is 5.41 Å². The molecule has 2 aromatic heterocycles. The van der Waals surface area contributed by atoms with Crippen molar-refractivity contribution in [3.8, 4) is 0 Å². The number of nitrogens with one attached hydrogen (secondary N) is 1. The fraction of sp³-hybridized carbons (Fsp3) is 0.696. The van der Waals surface area contributed by atoms with Crippen LogP contribution in [0.2, 0.25) is 0 Å². The van der Waals surface area contributed by atoms with E-state index in [0.717, 1.165) is 11.8 Å². The summed E-state index contributed by atoms with van der Waals surface area (Å²) in [5.41, 5.74) is 5.82. The number of alkyl halides is 2. The van der Waals surface area contributed by atoms with Gasteiger partial charge in [-0.25, -0.2) is 24.6 Å². The number of nitrogens with two attached hydrogens (primary N) is 1. The number of carbonyl (C=O) groups excluding carboxylic acids is 2. The monoisotopic (exact) mass is 656 g/mol. The van der Waals surface area contributed by atoms with Crippen molar-refractivity contribution in [3.05, 3.63) is 12.7 Å². The lowest BCUT2D eigenvalue weighted by molar-refractivity contribution is -0.149. The molecular weight excluding hydrogens is 622 g/mol. The number of aliphatic hydroxyl groups is 1. The van der Waals surface area contributed by atoms with Crippen LogP contribution in [-0.2, 0) is 32.7 Å². The molecule has 1 aliphatic rings. The third-order valence-electron chi connectivity index (χ3n) is 5.68. The van der Waals surface area contributed by atoms with Crippen LogP contribution in [0.25, 0.3) is 11.2 Å². The van der Waals surface area contributed by atoms with Crippen molar-refractivity contribution in [2.75, 3.05) is 24.7 Å². The van der Waals surface area contributed by atoms with E-state index >= 15 is 0 Å². The number of carbonyl (C=O) groups is 2. The molecule has 1 aliphatic heterocycles. The molecule has 3 rings (SSSR count). The predicted molar refractivity (Wildman–Crippen MR) is 154 cm³/mol. The van der Waals surface area contributed by atoms with Gasteiger partial charge in [0, 0.05) is 11.2 Å². The smallest absolute Gasteiger partial charge is 0.406 e. The minimum Gasteiger partial charge on any atom is -0.462 e. The number of nitrogens with zero attached hydrogens (tertiary/aromatic N) is 4. The Morgan fingerprint density at radius 3 is 2.59 bits per heavy atom. The second-order valence-corrected chi connectivity index (χ2v) is 14.9. The number of rotatable bonds is 12. The van der Waals surface area contributed by atoms with Gasteiger partial charge in [0.2, 0.25) is 0 Å². The topological polar surface area (TPSA) is 190 Å². The van der Waals surface area contributed by atoms with Crippen LogP contribution in [-0.4, -0.2) is 83.4 Å². The number of fused-ring (bicyclic) bond motifs is 1. The number of thioether (sulfide) groups is 1. The molecule has 4 N–H and O–H groups in total. The number of anilines is 1. The normalized spacial score (nSPS) is 23.0. The number of hydrogen-bond acceptors (Lipinski definition) is 13. The summed E-state index contributed by atoms with van der Waals surface area (Å²) in [5.74, 6) is -0.388. The lowest BCUT2D eigenvalue weighted by Gasteiger charge is -2.25. The number of hydrogen-bond donors (Lipinski definition) is 3. The van der Waals surface area contributed by atoms with E-state index in [2.05, 4.69) is 20.0 Å². The van der Waals surface area contributed by atoms with Crippen LogP contribution in [0.4, 0.5) is 5.82 Å². The third kappa shape index (κ3) is 8.30. The van der Waals surface area contributed by atoms with Crippen LogP contribution < -0.4 is 10.8 Å². The van der Waals surface area contributed by atoms with Crippen LogP contribution in [0.1, 0.15) is 47.8 Å². The van der Waals surface area contributed by atoms with Gasteiger partial charge in [-0.05, 0) is 20.8 Å². The standard InChI is InChI=1S/C23H35Cl2N6O8PS/c1-12(2)38-19(33)13(3)30-40(35,36-7-8-41-21(34)22(4,5)6)37-9-14-16(32)23(24,25)20(39-14)31-11-29-15-17(26)27-10-28-18(15)31/h10-14,16,20,32H,7-9H2,1-6H3,(H,30,35)(H2,26,27,28)/t13-,14-,16-,20-,40+/m1/s1. The Labute approximate surface area is 251 Å². The first-order valence-corrected chi connectivity index (χ1v) is 15.9. The van der Waals surface area contributed by atoms with Crippen LogP contribution in [0.3, 0.4) is 0 Å². The van der Waals surface area contributed by atoms with Gasteiger partial charge in [0.05, 0.1) is 25.6 Å². The number of esters is 1. The summed E-state index contributed by atoms with van der Waals surface area (Å²) in [6.07, 6.45) is -1.76. The molecule has 3 heterocycles. The fourth-order valence-electron chi connectivity index (χ4n) is 3.56. The molecule has 0 amide bonds. The molecule has 0 radical (unpaired) electrons. The number of aliphatic hydroxyl groups excluding tert-OH is 1. The Morgan fingerprint density at radius 1 is 1.27 bits per heavy atom. The van der Waals surface area contributed by atoms with Crippen LogP contribution in [0.5, 0.6) is 0 Å². The van der Waals surface area contributed by atoms with Crippen LogP contribution in [0.15, 0.2) is 12.7 Å². The largest absolute Gasteiger partial charge is 0.462 e. The van der Waals surface area contributed by atoms with Crippen LogP contribution >= 0.6 is 42.7 Å². The molecule has 0 spiro atoms. The molecule has 0 bridgehead atoms. The number of ether oxygens (including phenoxy) is 2. The highest BCUT2D eigenvalue weighted by molar-refractivity contribution is 8.13. The summed E-state index contributed by atoms with van der Waals surface area (Å²) in [5, 5.41) is 13.4. The van der Waals surface area contributed by atoms with Crippen molar-refractivity contribution >= 4 is 70.8 Å². The lowest BCUT2D eigenvalue weighted by Crippen LogP contribution is -2.39. The summed E-state index contributed by atoms with van der Waals surface area (Å²) in [6, 6.07) is -1.09. The molecule has 0 unspecified atom stereocenters. The highest BCUT2D eigenvalue weighted by atomic mass is 35.5. The third-order valence-corrected chi connectivity index (χ3v) is 9.46. The highest BCUT2D eigenvalue weighted by Gasteiger charge is 2.56. The van der Waals surface area contributed by atoms with Gasteiger partial charge in [0.25, 0.3) is 0 Å². The number of halogens is 2. The molecule has 230 valence electrons. The maximum absolute atomic E-state index is 13.7. The molecule has 0 aliphatic carbocycles. The Hall–Kier alpha value is -1.55. The van der Waals surface area contributed by atoms with E-state index in [1.165, 1.54) is 24.1 Å². The van der Waals surface area contributed by atoms with Gasteiger partial charge < -0.3 is 20.3 Å². The van der Waals surface area contributed by atoms with Gasteiger partial charge in [-0.15, -0.1) is 0 Å². The average molecular weight is 658 g/mol. The van der Waals surface area contributed by atoms with Crippen LogP contribution in [0, 0.1) is 5.41 Å². The van der Waals surface area contributed by atoms with Gasteiger partial charge in [-0.2, -0.15) is 0 Å². The second kappa shape index (κ2) is 13.4. The number of aromatic nitrogens is 4. The quantitative estimate of drug-likeness (QED) is 0.131. The second-order valence-electron chi connectivity index (χ2n) is 10.6. The molecule has 0 saturated carbocycles. The minimum atomic E-state index is -4.23. The first kappa shape index (κ1) is 33.9. The Bertz CT molecular complexity index is 1290. The van der Waals surface area contributed by atoms with Crippen molar-refractivity contribution in [2.45, 2.75) is 76.5 Å². The molecule has 0 aromatic carbocycles. The zero-order valence-electron chi connectivity index (χ0n) is 23.4. The summed E-state index contributed by atoms with van der Waals surface area (Å²) >= 11 is 14.0. The maximum atomic E-state index is 13.7. The Balaban J connectivity index is 1.74. The molecule has 14 nitrogen and oxygen atoms in total. The van der Waals surface area contributed by atoms with E-state index < -0.39 is 60.7 Å². The molecule has 1 fully saturated rings. The maximum Gasteiger partial charge on any atom is 0.406 e. The Kier molecular flexibility index (Phi) is 11.1. The molecular formula is C23H35Cl2N6O8PS. The van der Waals surface area contributed by atoms with E-state index in [1.807, 2.05) is 0 Å². The minimum absolute atomic E-state index is 0.0770. The number of imidazole rings is 1. The van der Waals surface area contributed by atoms with Gasteiger partial charge in [0.1, 0.15) is 30.1 Å². The summed E-state index contributed by atoms with van der Waals surface area (Å²) in [6.45, 7) is 9.45. The van der Waals surface area contributed by atoms with Gasteiger partial charge in [-0.1, -0.05) is 55.7 Å². The zero-order chi connectivity index (χ0) is 30.8. The fourth-order valence-corrected chi connectivity index (χ4v) is 6.54. The summed E-state index contributed by atoms with van der Waals surface area (Å²) in [7, 11) is -4.23. The van der Waals surface area contributed by atoms with E-state index in [9.17, 15) is 19.3 Å². The van der Waals surface area contributed by atoms with E-state index in [4.69, 9.17) is 47.5 Å². The van der Waals surface area contributed by atoms with E-state index in [1.54, 1.807) is 34.6 Å². The predicted octanol–water partition coefficient (Wildman–Crippen LogP) is 3.22. The highest BCUT2D eigenvalue weighted by Crippen LogP contribution is 2.50. The van der Waals surface area contributed by atoms with E-state index in [0.29, 0.717) is 0 Å². The van der Waals surface area contributed by atoms with Gasteiger partial charge in [-0.3, -0.25) is 23.2 Å².